The topological polar surface area (TPSA) is 26.3 Å². The molecule has 0 saturated heterocycles. The molecule has 0 aromatic heterocycles. The van der Waals surface area contributed by atoms with E-state index in [0.29, 0.717) is 11.8 Å². The fraction of sp³-hybridized carbons (Fsp3) is 0.667. The SMILES string of the molecule is C=CCCC1CCC(C2CCC3C(CCCC3C(=O)Oc3ccc(Cl)c(F)c3F)C2)CC1. The highest BCUT2D eigenvalue weighted by atomic mass is 35.5. The van der Waals surface area contributed by atoms with Gasteiger partial charge in [-0.2, -0.15) is 4.39 Å². The number of allylic oxidation sites excluding steroid dienone is 1. The summed E-state index contributed by atoms with van der Waals surface area (Å²) in [5, 5.41) is -0.312. The third kappa shape index (κ3) is 5.21. The van der Waals surface area contributed by atoms with Crippen LogP contribution in [0.5, 0.6) is 5.75 Å². The molecule has 4 rings (SSSR count). The third-order valence-electron chi connectivity index (χ3n) is 8.54. The van der Waals surface area contributed by atoms with Crippen molar-refractivity contribution < 1.29 is 18.3 Å². The lowest BCUT2D eigenvalue weighted by atomic mass is 9.59. The quantitative estimate of drug-likeness (QED) is 0.184. The largest absolute Gasteiger partial charge is 0.423 e. The predicted octanol–water partition coefficient (Wildman–Crippen LogP) is 8.13. The Balaban J connectivity index is 1.33. The number of carbonyl (C=O) groups is 1. The van der Waals surface area contributed by atoms with Crippen molar-refractivity contribution in [3.63, 3.8) is 0 Å². The molecule has 3 saturated carbocycles. The van der Waals surface area contributed by atoms with Crippen molar-refractivity contribution in [1.29, 1.82) is 0 Å². The van der Waals surface area contributed by atoms with Crippen molar-refractivity contribution in [2.24, 2.45) is 35.5 Å². The van der Waals surface area contributed by atoms with Crippen LogP contribution in [0.4, 0.5) is 8.78 Å². The van der Waals surface area contributed by atoms with E-state index in [-0.39, 0.29) is 16.7 Å². The van der Waals surface area contributed by atoms with Crippen LogP contribution in [0.15, 0.2) is 24.8 Å². The number of hydrogen-bond acceptors (Lipinski definition) is 2. The van der Waals surface area contributed by atoms with Crippen LogP contribution >= 0.6 is 11.6 Å². The highest BCUT2D eigenvalue weighted by Crippen LogP contribution is 2.50. The van der Waals surface area contributed by atoms with Crippen LogP contribution in [0.25, 0.3) is 0 Å². The maximum atomic E-state index is 14.1. The molecule has 4 unspecified atom stereocenters. The van der Waals surface area contributed by atoms with Gasteiger partial charge in [0.15, 0.2) is 11.6 Å². The van der Waals surface area contributed by atoms with Gasteiger partial charge >= 0.3 is 5.97 Å². The first-order valence-electron chi connectivity index (χ1n) is 12.4. The average Bonchev–Trinajstić information content (AvgIpc) is 2.82. The molecule has 0 aliphatic heterocycles. The van der Waals surface area contributed by atoms with Crippen LogP contribution in [-0.2, 0) is 4.79 Å². The number of hydrogen-bond donors (Lipinski definition) is 0. The Morgan fingerprint density at radius 2 is 1.75 bits per heavy atom. The van der Waals surface area contributed by atoms with Crippen molar-refractivity contribution in [2.45, 2.75) is 77.0 Å². The third-order valence-corrected chi connectivity index (χ3v) is 8.83. The lowest BCUT2D eigenvalue weighted by molar-refractivity contribution is -0.144. The summed E-state index contributed by atoms with van der Waals surface area (Å²) >= 11 is 5.61. The van der Waals surface area contributed by atoms with E-state index < -0.39 is 17.6 Å². The van der Waals surface area contributed by atoms with E-state index in [4.69, 9.17) is 16.3 Å². The fourth-order valence-corrected chi connectivity index (χ4v) is 6.94. The highest BCUT2D eigenvalue weighted by Gasteiger charge is 2.43. The van der Waals surface area contributed by atoms with Gasteiger partial charge < -0.3 is 4.74 Å². The average molecular weight is 465 g/mol. The molecule has 5 heteroatoms. The summed E-state index contributed by atoms with van der Waals surface area (Å²) in [7, 11) is 0. The minimum atomic E-state index is -1.19. The van der Waals surface area contributed by atoms with Crippen LogP contribution < -0.4 is 4.74 Å². The van der Waals surface area contributed by atoms with Gasteiger partial charge in [-0.1, -0.05) is 43.4 Å². The summed E-state index contributed by atoms with van der Waals surface area (Å²) in [5.41, 5.74) is 0. The summed E-state index contributed by atoms with van der Waals surface area (Å²) in [4.78, 5) is 12.9. The van der Waals surface area contributed by atoms with Crippen molar-refractivity contribution in [3.8, 4) is 5.75 Å². The fourth-order valence-electron chi connectivity index (χ4n) is 6.79. The number of fused-ring (bicyclic) bond motifs is 1. The van der Waals surface area contributed by atoms with Gasteiger partial charge in [0.2, 0.25) is 5.82 Å². The number of rotatable bonds is 6. The van der Waals surface area contributed by atoms with E-state index >= 15 is 0 Å². The molecule has 0 amide bonds. The molecule has 3 aliphatic rings. The Hall–Kier alpha value is -1.42. The number of esters is 1. The Labute approximate surface area is 195 Å². The molecule has 1 aromatic carbocycles. The van der Waals surface area contributed by atoms with E-state index in [1.807, 2.05) is 6.08 Å². The smallest absolute Gasteiger partial charge is 0.314 e. The number of benzene rings is 1. The van der Waals surface area contributed by atoms with Crippen LogP contribution in [-0.4, -0.2) is 5.97 Å². The maximum absolute atomic E-state index is 14.1. The minimum absolute atomic E-state index is 0.220. The van der Waals surface area contributed by atoms with Gasteiger partial charge in [-0.15, -0.1) is 6.58 Å². The van der Waals surface area contributed by atoms with Gasteiger partial charge in [0, 0.05) is 0 Å². The molecule has 4 atom stereocenters. The highest BCUT2D eigenvalue weighted by molar-refractivity contribution is 6.30. The summed E-state index contributed by atoms with van der Waals surface area (Å²) < 4.78 is 33.2. The standard InChI is InChI=1S/C27H35ClF2O2/c1-2-3-5-17-8-10-18(11-9-17)19-12-13-21-20(16-19)6-4-7-22(21)27(31)32-24-15-14-23(28)25(29)26(24)30/h2,14-15,17-22H,1,3-13,16H2. The van der Waals surface area contributed by atoms with Crippen LogP contribution in [0.2, 0.25) is 5.02 Å². The lowest BCUT2D eigenvalue weighted by Crippen LogP contribution is -2.40. The molecule has 32 heavy (non-hydrogen) atoms. The van der Waals surface area contributed by atoms with Crippen molar-refractivity contribution in [2.75, 3.05) is 0 Å². The zero-order valence-corrected chi connectivity index (χ0v) is 19.6. The maximum Gasteiger partial charge on any atom is 0.314 e. The molecule has 2 nitrogen and oxygen atoms in total. The van der Waals surface area contributed by atoms with Gasteiger partial charge in [0.05, 0.1) is 10.9 Å². The number of carbonyl (C=O) groups excluding carboxylic acids is 1. The van der Waals surface area contributed by atoms with E-state index in [0.717, 1.165) is 43.4 Å². The second-order valence-corrected chi connectivity index (χ2v) is 10.7. The Morgan fingerprint density at radius 1 is 1.00 bits per heavy atom. The minimum Gasteiger partial charge on any atom is -0.423 e. The first-order valence-corrected chi connectivity index (χ1v) is 12.8. The number of halogens is 3. The van der Waals surface area contributed by atoms with E-state index in [2.05, 4.69) is 6.58 Å². The number of ether oxygens (including phenoxy) is 1. The second kappa shape index (κ2) is 10.7. The summed E-state index contributed by atoms with van der Waals surface area (Å²) in [5.74, 6) is -0.0354. The zero-order valence-electron chi connectivity index (χ0n) is 18.8. The lowest BCUT2D eigenvalue weighted by Gasteiger charge is -2.46. The Kier molecular flexibility index (Phi) is 7.91. The molecule has 0 heterocycles. The van der Waals surface area contributed by atoms with Crippen molar-refractivity contribution in [3.05, 3.63) is 41.4 Å². The van der Waals surface area contributed by atoms with Crippen LogP contribution in [0, 0.1) is 47.1 Å². The summed E-state index contributed by atoms with van der Waals surface area (Å²) in [6.07, 6.45) is 16.2. The summed E-state index contributed by atoms with van der Waals surface area (Å²) in [6, 6.07) is 2.46. The molecule has 0 radical (unpaired) electrons. The molecule has 0 bridgehead atoms. The molecule has 3 aliphatic carbocycles. The molecular weight excluding hydrogens is 430 g/mol. The van der Waals surface area contributed by atoms with Gasteiger partial charge in [-0.3, -0.25) is 4.79 Å². The molecule has 3 fully saturated rings. The monoisotopic (exact) mass is 464 g/mol. The molecule has 0 spiro atoms. The van der Waals surface area contributed by atoms with Gasteiger partial charge in [-0.05, 0) is 93.1 Å². The van der Waals surface area contributed by atoms with Gasteiger partial charge in [0.25, 0.3) is 0 Å². The first kappa shape index (κ1) is 23.7. The molecular formula is C27H35ClF2O2. The zero-order chi connectivity index (χ0) is 22.7. The van der Waals surface area contributed by atoms with Crippen LogP contribution in [0.3, 0.4) is 0 Å². The van der Waals surface area contributed by atoms with Gasteiger partial charge in [0.1, 0.15) is 0 Å². The predicted molar refractivity (Wildman–Crippen MR) is 124 cm³/mol. The van der Waals surface area contributed by atoms with Crippen molar-refractivity contribution in [1.82, 2.24) is 0 Å². The van der Waals surface area contributed by atoms with E-state index in [1.165, 1.54) is 63.5 Å². The van der Waals surface area contributed by atoms with Crippen LogP contribution in [0.1, 0.15) is 77.0 Å². The van der Waals surface area contributed by atoms with E-state index in [1.54, 1.807) is 0 Å². The van der Waals surface area contributed by atoms with E-state index in [9.17, 15) is 13.6 Å². The summed E-state index contributed by atoms with van der Waals surface area (Å²) in [6.45, 7) is 3.85. The van der Waals surface area contributed by atoms with Crippen molar-refractivity contribution >= 4 is 17.6 Å². The molecule has 1 aromatic rings. The molecule has 176 valence electrons. The Morgan fingerprint density at radius 3 is 2.50 bits per heavy atom. The molecule has 0 N–H and O–H groups in total. The first-order chi connectivity index (χ1) is 15.5. The van der Waals surface area contributed by atoms with Gasteiger partial charge in [-0.25, -0.2) is 4.39 Å². The second-order valence-electron chi connectivity index (χ2n) is 10.3. The Bertz CT molecular complexity index is 818. The normalized spacial score (nSPS) is 32.7.